The quantitative estimate of drug-likeness (QED) is 0.695. The van der Waals surface area contributed by atoms with Gasteiger partial charge in [-0.15, -0.1) is 0 Å². The Hall–Kier alpha value is -1.29. The number of rotatable bonds is 1. The maximum atomic E-state index is 9.32. The Morgan fingerprint density at radius 3 is 2.50 bits per heavy atom. The normalized spacial score (nSPS) is 36.2. The lowest BCUT2D eigenvalue weighted by Gasteiger charge is -2.26. The van der Waals surface area contributed by atoms with Gasteiger partial charge in [-0.3, -0.25) is 0 Å². The lowest BCUT2D eigenvalue weighted by atomic mass is 9.76. The van der Waals surface area contributed by atoms with Crippen molar-refractivity contribution < 1.29 is 0 Å². The number of nitrogens with zero attached hydrogens (tertiary/aromatic N) is 1. The predicted molar refractivity (Wildman–Crippen MR) is 63.9 cm³/mol. The molecule has 4 unspecified atom stereocenters. The van der Waals surface area contributed by atoms with Crippen LogP contribution in [-0.2, 0) is 0 Å². The molecule has 0 amide bonds. The first kappa shape index (κ1) is 9.90. The van der Waals surface area contributed by atoms with Crippen molar-refractivity contribution in [2.75, 3.05) is 0 Å². The van der Waals surface area contributed by atoms with E-state index in [1.54, 1.807) is 0 Å². The SMILES string of the molecule is Cc1ccc(C2C3CCC(C3)C2C#N)cc1. The van der Waals surface area contributed by atoms with E-state index in [2.05, 4.69) is 37.3 Å². The van der Waals surface area contributed by atoms with Crippen molar-refractivity contribution in [1.82, 2.24) is 0 Å². The summed E-state index contributed by atoms with van der Waals surface area (Å²) in [6.45, 7) is 2.12. The van der Waals surface area contributed by atoms with Crippen molar-refractivity contribution in [3.05, 3.63) is 35.4 Å². The molecule has 1 aromatic rings. The fraction of sp³-hybridized carbons (Fsp3) is 0.533. The van der Waals surface area contributed by atoms with Gasteiger partial charge in [-0.25, -0.2) is 0 Å². The fourth-order valence-electron chi connectivity index (χ4n) is 3.75. The summed E-state index contributed by atoms with van der Waals surface area (Å²) in [5.41, 5.74) is 2.70. The lowest BCUT2D eigenvalue weighted by molar-refractivity contribution is 0.349. The molecule has 0 saturated heterocycles. The van der Waals surface area contributed by atoms with Crippen molar-refractivity contribution >= 4 is 0 Å². The molecule has 2 bridgehead atoms. The molecule has 1 aromatic carbocycles. The highest BCUT2D eigenvalue weighted by Crippen LogP contribution is 2.56. The monoisotopic (exact) mass is 211 g/mol. The average Bonchev–Trinajstić information content (AvgIpc) is 2.89. The summed E-state index contributed by atoms with van der Waals surface area (Å²) in [5, 5.41) is 9.32. The minimum atomic E-state index is 0.279. The van der Waals surface area contributed by atoms with Crippen LogP contribution >= 0.6 is 0 Å². The third kappa shape index (κ3) is 1.37. The maximum Gasteiger partial charge on any atom is 0.0665 e. The Morgan fingerprint density at radius 1 is 1.12 bits per heavy atom. The maximum absolute atomic E-state index is 9.32. The van der Waals surface area contributed by atoms with Gasteiger partial charge in [-0.2, -0.15) is 5.26 Å². The first-order chi connectivity index (χ1) is 7.79. The number of hydrogen-bond donors (Lipinski definition) is 0. The van der Waals surface area contributed by atoms with Gasteiger partial charge >= 0.3 is 0 Å². The molecular formula is C15H17N. The summed E-state index contributed by atoms with van der Waals surface area (Å²) >= 11 is 0. The van der Waals surface area contributed by atoms with Gasteiger partial charge in [0.2, 0.25) is 0 Å². The summed E-state index contributed by atoms with van der Waals surface area (Å²) in [4.78, 5) is 0. The Labute approximate surface area is 97.1 Å². The fourth-order valence-corrected chi connectivity index (χ4v) is 3.75. The molecule has 0 aliphatic heterocycles. The first-order valence-electron chi connectivity index (χ1n) is 6.26. The Morgan fingerprint density at radius 2 is 1.81 bits per heavy atom. The summed E-state index contributed by atoms with van der Waals surface area (Å²) < 4.78 is 0. The van der Waals surface area contributed by atoms with E-state index in [1.165, 1.54) is 30.4 Å². The first-order valence-corrected chi connectivity index (χ1v) is 6.26. The van der Waals surface area contributed by atoms with E-state index in [0.717, 1.165) is 5.92 Å². The van der Waals surface area contributed by atoms with Crippen molar-refractivity contribution in [2.24, 2.45) is 17.8 Å². The van der Waals surface area contributed by atoms with Crippen LogP contribution < -0.4 is 0 Å². The molecule has 0 aromatic heterocycles. The topological polar surface area (TPSA) is 23.8 Å². The highest BCUT2D eigenvalue weighted by molar-refractivity contribution is 5.29. The van der Waals surface area contributed by atoms with Gasteiger partial charge in [-0.05, 0) is 43.6 Å². The molecule has 2 aliphatic rings. The summed E-state index contributed by atoms with van der Waals surface area (Å²) in [5.74, 6) is 2.25. The van der Waals surface area contributed by atoms with Gasteiger partial charge in [0.05, 0.1) is 12.0 Å². The van der Waals surface area contributed by atoms with Gasteiger partial charge < -0.3 is 0 Å². The second-order valence-electron chi connectivity index (χ2n) is 5.42. The van der Waals surface area contributed by atoms with Crippen LogP contribution in [0, 0.1) is 36.0 Å². The predicted octanol–water partition coefficient (Wildman–Crippen LogP) is 3.65. The number of aryl methyl sites for hydroxylation is 1. The van der Waals surface area contributed by atoms with Crippen LogP contribution in [0.15, 0.2) is 24.3 Å². The highest BCUT2D eigenvalue weighted by atomic mass is 14.5. The largest absolute Gasteiger partial charge is 0.198 e. The zero-order valence-corrected chi connectivity index (χ0v) is 9.69. The van der Waals surface area contributed by atoms with E-state index < -0.39 is 0 Å². The molecule has 1 nitrogen and oxygen atoms in total. The molecule has 0 heterocycles. The van der Waals surface area contributed by atoms with Gasteiger partial charge in [0.1, 0.15) is 0 Å². The van der Waals surface area contributed by atoms with Crippen molar-refractivity contribution in [3.8, 4) is 6.07 Å². The van der Waals surface area contributed by atoms with Crippen molar-refractivity contribution in [3.63, 3.8) is 0 Å². The van der Waals surface area contributed by atoms with Gasteiger partial charge in [0.15, 0.2) is 0 Å². The van der Waals surface area contributed by atoms with Crippen LogP contribution in [0.5, 0.6) is 0 Å². The Kier molecular flexibility index (Phi) is 2.24. The van der Waals surface area contributed by atoms with Crippen LogP contribution in [0.2, 0.25) is 0 Å². The van der Waals surface area contributed by atoms with Crippen LogP contribution in [0.4, 0.5) is 0 Å². The molecule has 16 heavy (non-hydrogen) atoms. The zero-order chi connectivity index (χ0) is 11.1. The standard InChI is InChI=1S/C15H17N/c1-10-2-4-11(5-3-10)15-13-7-6-12(8-13)14(15)9-16/h2-5,12-15H,6-8H2,1H3. The molecule has 82 valence electrons. The van der Waals surface area contributed by atoms with Crippen molar-refractivity contribution in [2.45, 2.75) is 32.1 Å². The van der Waals surface area contributed by atoms with Crippen molar-refractivity contribution in [1.29, 1.82) is 5.26 Å². The molecule has 0 radical (unpaired) electrons. The Balaban J connectivity index is 1.95. The molecule has 4 atom stereocenters. The summed E-state index contributed by atoms with van der Waals surface area (Å²) in [7, 11) is 0. The van der Waals surface area contributed by atoms with Crippen LogP contribution in [0.3, 0.4) is 0 Å². The molecule has 0 spiro atoms. The second kappa shape index (κ2) is 3.63. The third-order valence-corrected chi connectivity index (χ3v) is 4.53. The van der Waals surface area contributed by atoms with Gasteiger partial charge in [0, 0.05) is 5.92 Å². The lowest BCUT2D eigenvalue weighted by Crippen LogP contribution is -2.19. The summed E-state index contributed by atoms with van der Waals surface area (Å²) in [6.07, 6.45) is 3.91. The smallest absolute Gasteiger partial charge is 0.0665 e. The van der Waals surface area contributed by atoms with E-state index in [4.69, 9.17) is 0 Å². The average molecular weight is 211 g/mol. The molecule has 2 fully saturated rings. The number of nitriles is 1. The highest BCUT2D eigenvalue weighted by Gasteiger charge is 2.48. The van der Waals surface area contributed by atoms with Gasteiger partial charge in [-0.1, -0.05) is 29.8 Å². The van der Waals surface area contributed by atoms with E-state index in [1.807, 2.05) is 0 Å². The molecule has 3 rings (SSSR count). The zero-order valence-electron chi connectivity index (χ0n) is 9.69. The Bertz CT molecular complexity index is 426. The summed E-state index contributed by atoms with van der Waals surface area (Å²) in [6, 6.07) is 11.4. The van der Waals surface area contributed by atoms with Crippen LogP contribution in [-0.4, -0.2) is 0 Å². The molecule has 2 saturated carbocycles. The third-order valence-electron chi connectivity index (χ3n) is 4.53. The number of hydrogen-bond acceptors (Lipinski definition) is 1. The number of benzene rings is 1. The number of fused-ring (bicyclic) bond motifs is 2. The van der Waals surface area contributed by atoms with Gasteiger partial charge in [0.25, 0.3) is 0 Å². The van der Waals surface area contributed by atoms with E-state index in [9.17, 15) is 5.26 Å². The second-order valence-corrected chi connectivity index (χ2v) is 5.42. The van der Waals surface area contributed by atoms with E-state index in [0.29, 0.717) is 11.8 Å². The molecule has 2 aliphatic carbocycles. The van der Waals surface area contributed by atoms with Crippen LogP contribution in [0.25, 0.3) is 0 Å². The minimum absolute atomic E-state index is 0.279. The van der Waals surface area contributed by atoms with E-state index >= 15 is 0 Å². The molecule has 1 heteroatoms. The van der Waals surface area contributed by atoms with Crippen LogP contribution in [0.1, 0.15) is 36.3 Å². The molecule has 0 N–H and O–H groups in total. The van der Waals surface area contributed by atoms with E-state index in [-0.39, 0.29) is 5.92 Å². The molecular weight excluding hydrogens is 194 g/mol. The minimum Gasteiger partial charge on any atom is -0.198 e.